The number of hydrogen-bond donors (Lipinski definition) is 1. The van der Waals surface area contributed by atoms with Gasteiger partial charge in [0.2, 0.25) is 0 Å². The van der Waals surface area contributed by atoms with Gasteiger partial charge in [0, 0.05) is 18.0 Å². The summed E-state index contributed by atoms with van der Waals surface area (Å²) >= 11 is 1.34. The van der Waals surface area contributed by atoms with Crippen molar-refractivity contribution in [2.45, 2.75) is 25.5 Å². The van der Waals surface area contributed by atoms with Crippen molar-refractivity contribution < 1.29 is 18.0 Å². The third kappa shape index (κ3) is 3.92. The fourth-order valence-electron chi connectivity index (χ4n) is 2.02. The number of nitrogens with zero attached hydrogens (tertiary/aromatic N) is 2. The molecule has 1 aromatic rings. The Balaban J connectivity index is 2.12. The van der Waals surface area contributed by atoms with Gasteiger partial charge in [-0.05, 0) is 31.7 Å². The summed E-state index contributed by atoms with van der Waals surface area (Å²) in [6, 6.07) is 3.52. The summed E-state index contributed by atoms with van der Waals surface area (Å²) in [7, 11) is -3.89. The summed E-state index contributed by atoms with van der Waals surface area (Å²) in [5.74, 6) is 4.62. The number of hydrogen-bond acceptors (Lipinski definition) is 7. The second-order valence-corrected chi connectivity index (χ2v) is 8.82. The van der Waals surface area contributed by atoms with Gasteiger partial charge in [0.25, 0.3) is 15.9 Å². The Morgan fingerprint density at radius 2 is 2.12 bits per heavy atom. The van der Waals surface area contributed by atoms with Gasteiger partial charge in [-0.3, -0.25) is 9.59 Å². The Labute approximate surface area is 145 Å². The summed E-state index contributed by atoms with van der Waals surface area (Å²) in [6.07, 6.45) is 5.08. The first-order valence-corrected chi connectivity index (χ1v) is 9.64. The van der Waals surface area contributed by atoms with E-state index in [1.165, 1.54) is 31.4 Å². The maximum atomic E-state index is 12.3. The molecule has 9 heteroatoms. The lowest BCUT2D eigenvalue weighted by atomic mass is 10.1. The maximum absolute atomic E-state index is 12.3. The van der Waals surface area contributed by atoms with Gasteiger partial charge in [-0.15, -0.1) is 11.3 Å². The summed E-state index contributed by atoms with van der Waals surface area (Å²) in [4.78, 5) is 26.6. The van der Waals surface area contributed by atoms with E-state index >= 15 is 0 Å². The number of thiophene rings is 1. The third-order valence-electron chi connectivity index (χ3n) is 3.42. The van der Waals surface area contributed by atoms with Gasteiger partial charge < -0.3 is 4.90 Å². The van der Waals surface area contributed by atoms with E-state index in [4.69, 9.17) is 5.84 Å². The standard InChI is InChI=1S/C15H19N3O4S2/c1-11(2)24(21,22)18(16)15(20)12-5-3-7-17(9-12)10-13(19)14-6-4-8-23-14/h3-4,6-9,11H,5,10,16H2,1-2H3. The summed E-state index contributed by atoms with van der Waals surface area (Å²) < 4.78 is 24.3. The number of amides is 1. The van der Waals surface area contributed by atoms with E-state index in [-0.39, 0.29) is 28.7 Å². The first-order chi connectivity index (χ1) is 11.2. The Bertz CT molecular complexity index is 780. The average molecular weight is 369 g/mol. The highest BCUT2D eigenvalue weighted by Gasteiger charge is 2.30. The highest BCUT2D eigenvalue weighted by Crippen LogP contribution is 2.18. The minimum absolute atomic E-state index is 0.0648. The van der Waals surface area contributed by atoms with Crippen molar-refractivity contribution in [2.24, 2.45) is 5.84 Å². The second-order valence-electron chi connectivity index (χ2n) is 5.51. The zero-order chi connectivity index (χ0) is 17.9. The molecular weight excluding hydrogens is 350 g/mol. The lowest BCUT2D eigenvalue weighted by Gasteiger charge is -2.24. The monoisotopic (exact) mass is 369 g/mol. The van der Waals surface area contributed by atoms with Crippen molar-refractivity contribution in [3.05, 3.63) is 46.4 Å². The van der Waals surface area contributed by atoms with E-state index in [1.807, 2.05) is 5.38 Å². The average Bonchev–Trinajstić information content (AvgIpc) is 3.08. The Morgan fingerprint density at radius 1 is 1.42 bits per heavy atom. The van der Waals surface area contributed by atoms with Gasteiger partial charge in [-0.1, -0.05) is 12.1 Å². The normalized spacial score (nSPS) is 14.7. The van der Waals surface area contributed by atoms with Gasteiger partial charge in [-0.25, -0.2) is 14.3 Å². The molecule has 1 aromatic heterocycles. The van der Waals surface area contributed by atoms with Crippen molar-refractivity contribution in [2.75, 3.05) is 6.54 Å². The molecule has 1 aliphatic rings. The summed E-state index contributed by atoms with van der Waals surface area (Å²) in [6.45, 7) is 2.96. The summed E-state index contributed by atoms with van der Waals surface area (Å²) in [5.41, 5.74) is 0.211. The van der Waals surface area contributed by atoms with Gasteiger partial charge in [0.15, 0.2) is 5.78 Å². The SMILES string of the molecule is CC(C)S(=O)(=O)N(N)C(=O)C1=CN(CC(=O)c2cccs2)C=CC1. The Kier molecular flexibility index (Phi) is 5.58. The summed E-state index contributed by atoms with van der Waals surface area (Å²) in [5, 5.41) is 1.01. The van der Waals surface area contributed by atoms with Crippen LogP contribution in [0, 0.1) is 0 Å². The fraction of sp³-hybridized carbons (Fsp3) is 0.333. The quantitative estimate of drug-likeness (QED) is 0.353. The van der Waals surface area contributed by atoms with Crippen molar-refractivity contribution >= 4 is 33.1 Å². The minimum atomic E-state index is -3.89. The van der Waals surface area contributed by atoms with Crippen LogP contribution in [0.15, 0.2) is 41.6 Å². The largest absolute Gasteiger partial charge is 0.346 e. The van der Waals surface area contributed by atoms with E-state index in [9.17, 15) is 18.0 Å². The van der Waals surface area contributed by atoms with E-state index in [0.29, 0.717) is 4.88 Å². The second kappa shape index (κ2) is 7.29. The van der Waals surface area contributed by atoms with Crippen molar-refractivity contribution in [3.8, 4) is 0 Å². The molecule has 0 aromatic carbocycles. The molecule has 7 nitrogen and oxygen atoms in total. The van der Waals surface area contributed by atoms with Crippen molar-refractivity contribution in [1.82, 2.24) is 9.31 Å². The van der Waals surface area contributed by atoms with Crippen LogP contribution >= 0.6 is 11.3 Å². The molecule has 0 bridgehead atoms. The molecule has 2 N–H and O–H groups in total. The van der Waals surface area contributed by atoms with Crippen LogP contribution in [0.3, 0.4) is 0 Å². The number of carbonyl (C=O) groups is 2. The lowest BCUT2D eigenvalue weighted by Crippen LogP contribution is -2.46. The molecule has 0 unspecified atom stereocenters. The van der Waals surface area contributed by atoms with Gasteiger partial charge in [0.1, 0.15) is 0 Å². The molecule has 24 heavy (non-hydrogen) atoms. The van der Waals surface area contributed by atoms with Gasteiger partial charge in [-0.2, -0.15) is 4.41 Å². The van der Waals surface area contributed by atoms with Crippen LogP contribution in [-0.4, -0.2) is 41.2 Å². The predicted molar refractivity (Wildman–Crippen MR) is 92.3 cm³/mol. The smallest absolute Gasteiger partial charge is 0.279 e. The van der Waals surface area contributed by atoms with Crippen LogP contribution in [-0.2, 0) is 14.8 Å². The molecule has 0 saturated carbocycles. The van der Waals surface area contributed by atoms with Crippen LogP contribution in [0.1, 0.15) is 29.9 Å². The van der Waals surface area contributed by atoms with Gasteiger partial charge >= 0.3 is 0 Å². The number of sulfonamides is 1. The Morgan fingerprint density at radius 3 is 2.71 bits per heavy atom. The molecule has 1 aliphatic heterocycles. The number of hydrazine groups is 1. The molecular formula is C15H19N3O4S2. The third-order valence-corrected chi connectivity index (χ3v) is 6.24. The highest BCUT2D eigenvalue weighted by molar-refractivity contribution is 7.90. The number of ketones is 1. The zero-order valence-electron chi connectivity index (χ0n) is 13.4. The van der Waals surface area contributed by atoms with E-state index < -0.39 is 21.2 Å². The molecule has 2 rings (SSSR count). The van der Waals surface area contributed by atoms with Crippen molar-refractivity contribution in [1.29, 1.82) is 0 Å². The Hall–Kier alpha value is -1.97. The number of Topliss-reactive ketones (excluding diaryl/α,β-unsaturated/α-hetero) is 1. The molecule has 0 fully saturated rings. The molecule has 0 spiro atoms. The minimum Gasteiger partial charge on any atom is -0.346 e. The fourth-order valence-corrected chi connectivity index (χ4v) is 3.48. The first kappa shape index (κ1) is 18.4. The maximum Gasteiger partial charge on any atom is 0.279 e. The topological polar surface area (TPSA) is 101 Å². The first-order valence-electron chi connectivity index (χ1n) is 7.26. The van der Waals surface area contributed by atoms with E-state index in [0.717, 1.165) is 0 Å². The number of carbonyl (C=O) groups excluding carboxylic acids is 2. The lowest BCUT2D eigenvalue weighted by molar-refractivity contribution is -0.123. The zero-order valence-corrected chi connectivity index (χ0v) is 15.0. The number of rotatable bonds is 6. The molecule has 2 heterocycles. The molecule has 0 radical (unpaired) electrons. The van der Waals surface area contributed by atoms with Crippen molar-refractivity contribution in [3.63, 3.8) is 0 Å². The molecule has 0 saturated heterocycles. The van der Waals surface area contributed by atoms with Crippen LogP contribution in [0.4, 0.5) is 0 Å². The molecule has 0 atom stereocenters. The highest BCUT2D eigenvalue weighted by atomic mass is 32.2. The van der Waals surface area contributed by atoms with Crippen LogP contribution in [0.5, 0.6) is 0 Å². The van der Waals surface area contributed by atoms with Crippen LogP contribution < -0.4 is 5.84 Å². The van der Waals surface area contributed by atoms with Crippen LogP contribution in [0.25, 0.3) is 0 Å². The van der Waals surface area contributed by atoms with Crippen LogP contribution in [0.2, 0.25) is 0 Å². The van der Waals surface area contributed by atoms with Gasteiger partial charge in [0.05, 0.1) is 16.7 Å². The van der Waals surface area contributed by atoms with E-state index in [2.05, 4.69) is 0 Å². The number of allylic oxidation sites excluding steroid dienone is 1. The number of nitrogens with two attached hydrogens (primary N) is 1. The van der Waals surface area contributed by atoms with E-state index in [1.54, 1.807) is 29.3 Å². The molecule has 0 aliphatic carbocycles. The predicted octanol–water partition coefficient (Wildman–Crippen LogP) is 1.47. The molecule has 130 valence electrons. The molecule has 1 amide bonds.